The van der Waals surface area contributed by atoms with E-state index in [0.717, 1.165) is 52.1 Å². The second-order valence-corrected chi connectivity index (χ2v) is 7.62. The van der Waals surface area contributed by atoms with Crippen LogP contribution in [0.2, 0.25) is 5.02 Å². The van der Waals surface area contributed by atoms with Gasteiger partial charge in [-0.3, -0.25) is 4.90 Å². The van der Waals surface area contributed by atoms with Gasteiger partial charge in [0.15, 0.2) is 11.5 Å². The number of phenolic OH excluding ortho intramolecular Hbond substituents is 2. The van der Waals surface area contributed by atoms with Crippen LogP contribution in [0.5, 0.6) is 23.0 Å². The smallest absolute Gasteiger partial charge is 0.165 e. The molecule has 136 valence electrons. The number of hydrogen-bond donors (Lipinski definition) is 2. The predicted molar refractivity (Wildman–Crippen MR) is 97.7 cm³/mol. The van der Waals surface area contributed by atoms with Crippen LogP contribution in [-0.2, 0) is 25.8 Å². The third kappa shape index (κ3) is 2.01. The molecule has 0 spiro atoms. The molecule has 2 aliphatic heterocycles. The molecule has 2 heterocycles. The maximum Gasteiger partial charge on any atom is 0.165 e. The molecule has 5 rings (SSSR count). The maximum atomic E-state index is 10.7. The normalized spacial score (nSPS) is 19.9. The average Bonchev–Trinajstić information content (AvgIpc) is 3.45. The van der Waals surface area contributed by atoms with Gasteiger partial charge in [0.25, 0.3) is 0 Å². The number of halogens is 1. The van der Waals surface area contributed by atoms with Crippen molar-refractivity contribution in [3.05, 3.63) is 44.5 Å². The Kier molecular flexibility index (Phi) is 3.37. The van der Waals surface area contributed by atoms with Gasteiger partial charge < -0.3 is 19.7 Å². The maximum absolute atomic E-state index is 10.7. The Morgan fingerprint density at radius 1 is 1.04 bits per heavy atom. The van der Waals surface area contributed by atoms with Crippen LogP contribution in [0.25, 0.3) is 0 Å². The van der Waals surface area contributed by atoms with Gasteiger partial charge >= 0.3 is 0 Å². The molecule has 26 heavy (non-hydrogen) atoms. The zero-order chi connectivity index (χ0) is 18.2. The minimum atomic E-state index is 0.0126. The zero-order valence-electron chi connectivity index (χ0n) is 14.7. The second kappa shape index (κ2) is 5.44. The van der Waals surface area contributed by atoms with Crippen molar-refractivity contribution in [2.24, 2.45) is 0 Å². The molecule has 0 radical (unpaired) electrons. The van der Waals surface area contributed by atoms with E-state index >= 15 is 0 Å². The third-order valence-electron chi connectivity index (χ3n) is 6.04. The molecular weight excluding hydrogens is 354 g/mol. The summed E-state index contributed by atoms with van der Waals surface area (Å²) in [5, 5.41) is 21.9. The Morgan fingerprint density at radius 3 is 2.54 bits per heavy atom. The lowest BCUT2D eigenvalue weighted by molar-refractivity contribution is 0.153. The van der Waals surface area contributed by atoms with Crippen LogP contribution < -0.4 is 9.47 Å². The lowest BCUT2D eigenvalue weighted by atomic mass is 9.83. The summed E-state index contributed by atoms with van der Waals surface area (Å²) in [5.41, 5.74) is 5.67. The van der Waals surface area contributed by atoms with Crippen molar-refractivity contribution in [2.75, 3.05) is 20.8 Å². The van der Waals surface area contributed by atoms with Gasteiger partial charge in [-0.25, -0.2) is 0 Å². The first kappa shape index (κ1) is 16.1. The van der Waals surface area contributed by atoms with Gasteiger partial charge in [-0.1, -0.05) is 11.6 Å². The quantitative estimate of drug-likeness (QED) is 0.675. The molecule has 2 aromatic carbocycles. The van der Waals surface area contributed by atoms with Gasteiger partial charge in [0.05, 0.1) is 14.2 Å². The number of ether oxygens (including phenoxy) is 2. The van der Waals surface area contributed by atoms with Gasteiger partial charge in [0.1, 0.15) is 11.5 Å². The van der Waals surface area contributed by atoms with Gasteiger partial charge in [-0.15, -0.1) is 0 Å². The van der Waals surface area contributed by atoms with Crippen molar-refractivity contribution in [3.8, 4) is 23.0 Å². The van der Waals surface area contributed by atoms with Crippen LogP contribution in [0.1, 0.15) is 39.4 Å². The van der Waals surface area contributed by atoms with E-state index in [1.165, 1.54) is 0 Å². The van der Waals surface area contributed by atoms with Crippen LogP contribution in [0, 0.1) is 0 Å². The molecule has 5 nitrogen and oxygen atoms in total. The fraction of sp³-hybridized carbons (Fsp3) is 0.400. The number of rotatable bonds is 2. The number of aromatic hydroxyl groups is 2. The van der Waals surface area contributed by atoms with Crippen molar-refractivity contribution in [1.82, 2.24) is 4.90 Å². The van der Waals surface area contributed by atoms with Crippen LogP contribution in [0.3, 0.4) is 0 Å². The molecule has 0 saturated carbocycles. The van der Waals surface area contributed by atoms with Gasteiger partial charge in [-0.2, -0.15) is 0 Å². The van der Waals surface area contributed by atoms with Crippen molar-refractivity contribution in [2.45, 2.75) is 31.8 Å². The standard InChI is InChI=1S/C20H20ClNO4/c1-25-16-7-14(21)10-6-15-17-9(18(23)11-5-12(11)19(17)24)3-4-22(15)8-13(10)20(16)26-2/h7,15,23-24H,3-6,8H2,1-2H3. The Morgan fingerprint density at radius 2 is 1.81 bits per heavy atom. The molecule has 0 saturated heterocycles. The van der Waals surface area contributed by atoms with E-state index in [4.69, 9.17) is 21.1 Å². The van der Waals surface area contributed by atoms with E-state index in [9.17, 15) is 10.2 Å². The molecule has 0 aromatic heterocycles. The minimum Gasteiger partial charge on any atom is -0.507 e. The van der Waals surface area contributed by atoms with Crippen LogP contribution in [-0.4, -0.2) is 35.9 Å². The Hall–Kier alpha value is -2.11. The number of fused-ring (bicyclic) bond motifs is 5. The molecule has 0 fully saturated rings. The van der Waals surface area contributed by atoms with Crippen molar-refractivity contribution >= 4 is 11.6 Å². The molecular formula is C20H20ClNO4. The third-order valence-corrected chi connectivity index (χ3v) is 6.38. The SMILES string of the molecule is COc1cc(Cl)c2c(c1OC)CN1CCc3c(O)c4c(c(O)c3C1C2)C4. The van der Waals surface area contributed by atoms with Gasteiger partial charge in [0.2, 0.25) is 0 Å². The molecule has 0 amide bonds. The highest BCUT2D eigenvalue weighted by Gasteiger charge is 2.41. The molecule has 1 atom stereocenters. The number of nitrogens with zero attached hydrogens (tertiary/aromatic N) is 1. The molecule has 2 aromatic rings. The van der Waals surface area contributed by atoms with Crippen LogP contribution in [0.4, 0.5) is 0 Å². The van der Waals surface area contributed by atoms with Gasteiger partial charge in [0, 0.05) is 64.5 Å². The highest BCUT2D eigenvalue weighted by atomic mass is 35.5. The number of benzene rings is 2. The van der Waals surface area contributed by atoms with E-state index in [2.05, 4.69) is 4.90 Å². The van der Waals surface area contributed by atoms with E-state index < -0.39 is 0 Å². The van der Waals surface area contributed by atoms with E-state index in [-0.39, 0.29) is 6.04 Å². The molecule has 3 aliphatic rings. The first-order valence-corrected chi connectivity index (χ1v) is 9.17. The fourth-order valence-corrected chi connectivity index (χ4v) is 4.98. The molecule has 0 bridgehead atoms. The monoisotopic (exact) mass is 373 g/mol. The first-order chi connectivity index (χ1) is 12.5. The topological polar surface area (TPSA) is 62.2 Å². The zero-order valence-corrected chi connectivity index (χ0v) is 15.5. The Labute approximate surface area is 156 Å². The summed E-state index contributed by atoms with van der Waals surface area (Å²) in [5.74, 6) is 2.11. The molecule has 1 aliphatic carbocycles. The largest absolute Gasteiger partial charge is 0.507 e. The van der Waals surface area contributed by atoms with Crippen molar-refractivity contribution < 1.29 is 19.7 Å². The lowest BCUT2D eigenvalue weighted by Gasteiger charge is -2.42. The van der Waals surface area contributed by atoms with Crippen LogP contribution >= 0.6 is 11.6 Å². The fourth-order valence-electron chi connectivity index (χ4n) is 4.68. The highest BCUT2D eigenvalue weighted by Crippen LogP contribution is 2.55. The van der Waals surface area contributed by atoms with Gasteiger partial charge in [-0.05, 0) is 18.4 Å². The summed E-state index contributed by atoms with van der Waals surface area (Å²) < 4.78 is 11.0. The number of phenols is 2. The Balaban J connectivity index is 1.66. The van der Waals surface area contributed by atoms with Crippen molar-refractivity contribution in [1.29, 1.82) is 0 Å². The van der Waals surface area contributed by atoms with E-state index in [1.54, 1.807) is 20.3 Å². The van der Waals surface area contributed by atoms with E-state index in [1.807, 2.05) is 0 Å². The Bertz CT molecular complexity index is 956. The predicted octanol–water partition coefficient (Wildman–Crippen LogP) is 3.33. The summed E-state index contributed by atoms with van der Waals surface area (Å²) in [6.07, 6.45) is 2.10. The highest BCUT2D eigenvalue weighted by molar-refractivity contribution is 6.31. The molecule has 6 heteroatoms. The summed E-state index contributed by atoms with van der Waals surface area (Å²) in [7, 11) is 3.25. The number of methoxy groups -OCH3 is 2. The second-order valence-electron chi connectivity index (χ2n) is 7.21. The summed E-state index contributed by atoms with van der Waals surface area (Å²) in [6.45, 7) is 1.50. The van der Waals surface area contributed by atoms with E-state index in [0.29, 0.717) is 41.7 Å². The molecule has 1 unspecified atom stereocenters. The first-order valence-electron chi connectivity index (χ1n) is 8.79. The summed E-state index contributed by atoms with van der Waals surface area (Å²) in [4.78, 5) is 2.33. The molecule has 2 N–H and O–H groups in total. The minimum absolute atomic E-state index is 0.0126. The van der Waals surface area contributed by atoms with Crippen molar-refractivity contribution in [3.63, 3.8) is 0 Å². The van der Waals surface area contributed by atoms with Crippen LogP contribution in [0.15, 0.2) is 6.07 Å². The summed E-state index contributed by atoms with van der Waals surface area (Å²) >= 11 is 6.56. The average molecular weight is 374 g/mol. The number of hydrogen-bond acceptors (Lipinski definition) is 5. The summed E-state index contributed by atoms with van der Waals surface area (Å²) in [6, 6.07) is 1.81. The lowest BCUT2D eigenvalue weighted by Crippen LogP contribution is -2.39.